The molecule has 0 fully saturated rings. The third-order valence-electron chi connectivity index (χ3n) is 2.37. The quantitative estimate of drug-likeness (QED) is 0.734. The van der Waals surface area contributed by atoms with Crippen molar-refractivity contribution in [2.75, 3.05) is 11.9 Å². The number of thiophene rings is 1. The zero-order valence-corrected chi connectivity index (χ0v) is 13.3. The van der Waals surface area contributed by atoms with Gasteiger partial charge in [0.25, 0.3) is 0 Å². The number of halogens is 2. The Hall–Kier alpha value is -0.390. The summed E-state index contributed by atoms with van der Waals surface area (Å²) in [6, 6.07) is 6.30. The van der Waals surface area contributed by atoms with E-state index in [-0.39, 0.29) is 0 Å². The van der Waals surface area contributed by atoms with Crippen LogP contribution in [-0.2, 0) is 11.9 Å². The van der Waals surface area contributed by atoms with Gasteiger partial charge in [-0.3, -0.25) is 0 Å². The van der Waals surface area contributed by atoms with Crippen LogP contribution in [-0.4, -0.2) is 12.0 Å². The number of nitrogens with zero attached hydrogens (tertiary/aromatic N) is 2. The highest BCUT2D eigenvalue weighted by Gasteiger charge is 2.05. The maximum atomic E-state index is 4.44. The third-order valence-corrected chi connectivity index (χ3v) is 4.70. The number of anilines is 1. The first-order valence-electron chi connectivity index (χ1n) is 5.14. The molecule has 0 N–H and O–H groups in total. The Morgan fingerprint density at radius 2 is 2.24 bits per heavy atom. The van der Waals surface area contributed by atoms with Crippen molar-refractivity contribution < 1.29 is 0 Å². The molecule has 0 aliphatic rings. The first kappa shape index (κ1) is 13.1. The number of hydrogen-bond donors (Lipinski definition) is 0. The Labute approximate surface area is 122 Å². The Bertz CT molecular complexity index is 482. The van der Waals surface area contributed by atoms with Gasteiger partial charge in [0.2, 0.25) is 0 Å². The lowest BCUT2D eigenvalue weighted by Crippen LogP contribution is -2.16. The monoisotopic (exact) mass is 374 g/mol. The van der Waals surface area contributed by atoms with E-state index in [1.807, 2.05) is 6.20 Å². The highest BCUT2D eigenvalue weighted by Crippen LogP contribution is 2.22. The highest BCUT2D eigenvalue weighted by atomic mass is 79.9. The van der Waals surface area contributed by atoms with Crippen molar-refractivity contribution >= 4 is 49.0 Å². The number of alkyl halides is 1. The summed E-state index contributed by atoms with van der Waals surface area (Å²) in [4.78, 5) is 7.92. The van der Waals surface area contributed by atoms with E-state index in [1.54, 1.807) is 11.3 Å². The fourth-order valence-electron chi connectivity index (χ4n) is 1.47. The molecule has 5 heteroatoms. The molecule has 0 amide bonds. The summed E-state index contributed by atoms with van der Waals surface area (Å²) in [6.07, 6.45) is 1.91. The number of pyridine rings is 1. The van der Waals surface area contributed by atoms with Gasteiger partial charge in [0.05, 0.1) is 6.54 Å². The van der Waals surface area contributed by atoms with E-state index >= 15 is 0 Å². The van der Waals surface area contributed by atoms with Gasteiger partial charge >= 0.3 is 0 Å². The Morgan fingerprint density at radius 3 is 2.76 bits per heavy atom. The highest BCUT2D eigenvalue weighted by molar-refractivity contribution is 9.10. The predicted octanol–water partition coefficient (Wildman–Crippen LogP) is 4.44. The molecule has 2 aromatic heterocycles. The molecule has 0 spiro atoms. The fraction of sp³-hybridized carbons (Fsp3) is 0.250. The van der Waals surface area contributed by atoms with Gasteiger partial charge in [0, 0.05) is 33.3 Å². The number of rotatable bonds is 4. The summed E-state index contributed by atoms with van der Waals surface area (Å²) in [5.41, 5.74) is 1.20. The second-order valence-electron chi connectivity index (χ2n) is 3.75. The molecule has 0 radical (unpaired) electrons. The largest absolute Gasteiger partial charge is 0.355 e. The molecule has 90 valence electrons. The van der Waals surface area contributed by atoms with E-state index in [0.29, 0.717) is 0 Å². The van der Waals surface area contributed by atoms with Crippen molar-refractivity contribution in [1.82, 2.24) is 4.98 Å². The molecule has 0 aromatic carbocycles. The maximum absolute atomic E-state index is 4.44. The molecular formula is C12H12Br2N2S. The molecule has 0 bridgehead atoms. The lowest BCUT2D eigenvalue weighted by molar-refractivity contribution is 0.910. The SMILES string of the molecule is CN(Cc1cc(Br)cs1)c1ccc(CBr)cn1. The van der Waals surface area contributed by atoms with Gasteiger partial charge in [-0.2, -0.15) is 0 Å². The van der Waals surface area contributed by atoms with Gasteiger partial charge in [0.15, 0.2) is 0 Å². The Morgan fingerprint density at radius 1 is 1.41 bits per heavy atom. The van der Waals surface area contributed by atoms with Crippen molar-refractivity contribution in [2.24, 2.45) is 0 Å². The van der Waals surface area contributed by atoms with E-state index in [9.17, 15) is 0 Å². The van der Waals surface area contributed by atoms with Crippen molar-refractivity contribution in [2.45, 2.75) is 11.9 Å². The molecule has 17 heavy (non-hydrogen) atoms. The zero-order valence-electron chi connectivity index (χ0n) is 9.36. The van der Waals surface area contributed by atoms with E-state index in [1.165, 1.54) is 10.4 Å². The molecule has 0 saturated carbocycles. The van der Waals surface area contributed by atoms with Crippen LogP contribution in [0.3, 0.4) is 0 Å². The zero-order chi connectivity index (χ0) is 12.3. The van der Waals surface area contributed by atoms with Gasteiger partial charge in [0.1, 0.15) is 5.82 Å². The topological polar surface area (TPSA) is 16.1 Å². The van der Waals surface area contributed by atoms with Crippen LogP contribution < -0.4 is 4.90 Å². The molecule has 2 nitrogen and oxygen atoms in total. The van der Waals surface area contributed by atoms with Crippen molar-refractivity contribution in [1.29, 1.82) is 0 Å². The molecule has 2 aromatic rings. The first-order valence-corrected chi connectivity index (χ1v) is 7.93. The van der Waals surface area contributed by atoms with Gasteiger partial charge in [-0.1, -0.05) is 22.0 Å². The van der Waals surface area contributed by atoms with Gasteiger partial charge in [-0.15, -0.1) is 11.3 Å². The Kier molecular flexibility index (Phi) is 4.59. The average Bonchev–Trinajstić information content (AvgIpc) is 2.75. The summed E-state index contributed by atoms with van der Waals surface area (Å²) >= 11 is 8.64. The van der Waals surface area contributed by atoms with Crippen LogP contribution in [0.15, 0.2) is 34.2 Å². The lowest BCUT2D eigenvalue weighted by atomic mass is 10.3. The van der Waals surface area contributed by atoms with E-state index in [2.05, 4.69) is 72.4 Å². The molecule has 0 aliphatic heterocycles. The normalized spacial score (nSPS) is 10.5. The van der Waals surface area contributed by atoms with E-state index < -0.39 is 0 Å². The maximum Gasteiger partial charge on any atom is 0.128 e. The van der Waals surface area contributed by atoms with Crippen LogP contribution >= 0.6 is 43.2 Å². The predicted molar refractivity (Wildman–Crippen MR) is 81.0 cm³/mol. The summed E-state index contributed by atoms with van der Waals surface area (Å²) in [6.45, 7) is 0.886. The van der Waals surface area contributed by atoms with Crippen LogP contribution in [0.4, 0.5) is 5.82 Å². The fourth-order valence-corrected chi connectivity index (χ4v) is 3.31. The van der Waals surface area contributed by atoms with E-state index in [0.717, 1.165) is 22.2 Å². The minimum Gasteiger partial charge on any atom is -0.355 e. The minimum absolute atomic E-state index is 0.849. The smallest absolute Gasteiger partial charge is 0.128 e. The summed E-state index contributed by atoms with van der Waals surface area (Å²) < 4.78 is 1.15. The van der Waals surface area contributed by atoms with E-state index in [4.69, 9.17) is 0 Å². The molecule has 0 unspecified atom stereocenters. The van der Waals surface area contributed by atoms with Crippen LogP contribution in [0.2, 0.25) is 0 Å². The van der Waals surface area contributed by atoms with Crippen molar-refractivity contribution in [3.8, 4) is 0 Å². The molecule has 2 rings (SSSR count). The van der Waals surface area contributed by atoms with Crippen molar-refractivity contribution in [3.63, 3.8) is 0 Å². The third kappa shape index (κ3) is 3.53. The lowest BCUT2D eigenvalue weighted by Gasteiger charge is -2.17. The molecule has 0 aliphatic carbocycles. The number of hydrogen-bond acceptors (Lipinski definition) is 3. The van der Waals surface area contributed by atoms with Crippen LogP contribution in [0.25, 0.3) is 0 Å². The minimum atomic E-state index is 0.849. The van der Waals surface area contributed by atoms with Crippen LogP contribution in [0, 0.1) is 0 Å². The first-order chi connectivity index (χ1) is 8.19. The van der Waals surface area contributed by atoms with Gasteiger partial charge in [-0.05, 0) is 33.6 Å². The average molecular weight is 376 g/mol. The van der Waals surface area contributed by atoms with Crippen LogP contribution in [0.1, 0.15) is 10.4 Å². The number of aromatic nitrogens is 1. The standard InChI is InChI=1S/C12H12Br2N2S/c1-16(7-11-4-10(14)8-17-11)12-3-2-9(5-13)6-15-12/h2-4,6,8H,5,7H2,1H3. The molecule has 0 saturated heterocycles. The van der Waals surface area contributed by atoms with Crippen molar-refractivity contribution in [3.05, 3.63) is 44.7 Å². The second-order valence-corrected chi connectivity index (χ2v) is 6.22. The van der Waals surface area contributed by atoms with Gasteiger partial charge in [-0.25, -0.2) is 4.98 Å². The van der Waals surface area contributed by atoms with Gasteiger partial charge < -0.3 is 4.90 Å². The Balaban J connectivity index is 2.06. The summed E-state index contributed by atoms with van der Waals surface area (Å²) in [5.74, 6) is 0.999. The second kappa shape index (κ2) is 5.98. The molecule has 0 atom stereocenters. The summed E-state index contributed by atoms with van der Waals surface area (Å²) in [5, 5.41) is 2.95. The molecular weight excluding hydrogens is 364 g/mol. The van der Waals surface area contributed by atoms with Crippen LogP contribution in [0.5, 0.6) is 0 Å². The molecule has 2 heterocycles. The summed E-state index contributed by atoms with van der Waals surface area (Å²) in [7, 11) is 2.06.